The van der Waals surface area contributed by atoms with E-state index in [0.29, 0.717) is 11.5 Å². The molecular weight excluding hydrogens is 256 g/mol. The lowest BCUT2D eigenvalue weighted by atomic mass is 9.63. The number of fused-ring (bicyclic) bond motifs is 3. The Balaban J connectivity index is 1.83. The molecule has 1 saturated heterocycles. The molecule has 3 aliphatic rings. The maximum absolute atomic E-state index is 2.81. The fourth-order valence-corrected chi connectivity index (χ4v) is 5.61. The maximum Gasteiger partial charge on any atom is 0.0560 e. The van der Waals surface area contributed by atoms with E-state index in [0.717, 1.165) is 0 Å². The van der Waals surface area contributed by atoms with E-state index in [4.69, 9.17) is 0 Å². The lowest BCUT2D eigenvalue weighted by Crippen LogP contribution is -2.52. The minimum atomic E-state index is 0.553. The van der Waals surface area contributed by atoms with Gasteiger partial charge in [-0.1, -0.05) is 25.1 Å². The normalized spacial score (nSPS) is 31.4. The molecule has 110 valence electrons. The SMILES string of the molecule is CC[C@@]12CCCN3CCn4c(c(c5ccccc54)CC1)[C@H]32. The summed E-state index contributed by atoms with van der Waals surface area (Å²) in [6, 6.07) is 9.80. The Morgan fingerprint density at radius 3 is 2.95 bits per heavy atom. The maximum atomic E-state index is 2.81. The van der Waals surface area contributed by atoms with Crippen LogP contribution in [0.5, 0.6) is 0 Å². The second-order valence-corrected chi connectivity index (χ2v) is 7.29. The third-order valence-electron chi connectivity index (χ3n) is 6.63. The Morgan fingerprint density at radius 1 is 1.14 bits per heavy atom. The van der Waals surface area contributed by atoms with Crippen molar-refractivity contribution in [1.29, 1.82) is 0 Å². The van der Waals surface area contributed by atoms with Crippen molar-refractivity contribution in [1.82, 2.24) is 9.47 Å². The van der Waals surface area contributed by atoms with Gasteiger partial charge in [-0.05, 0) is 55.7 Å². The summed E-state index contributed by atoms with van der Waals surface area (Å²) in [6.45, 7) is 6.17. The van der Waals surface area contributed by atoms with Gasteiger partial charge in [0.05, 0.1) is 6.04 Å². The number of hydrogen-bond donors (Lipinski definition) is 0. The Bertz CT molecular complexity index is 681. The molecular formula is C19H24N2. The largest absolute Gasteiger partial charge is 0.341 e. The first kappa shape index (κ1) is 12.3. The Labute approximate surface area is 126 Å². The second kappa shape index (κ2) is 4.13. The summed E-state index contributed by atoms with van der Waals surface area (Å²) in [5, 5.41) is 1.53. The molecule has 0 spiro atoms. The number of para-hydroxylation sites is 1. The van der Waals surface area contributed by atoms with Crippen molar-refractivity contribution >= 4 is 10.9 Å². The van der Waals surface area contributed by atoms with Gasteiger partial charge in [0.15, 0.2) is 0 Å². The quantitative estimate of drug-likeness (QED) is 0.762. The zero-order chi connectivity index (χ0) is 14.0. The zero-order valence-corrected chi connectivity index (χ0v) is 12.9. The number of aryl methyl sites for hydroxylation is 1. The first-order valence-corrected chi connectivity index (χ1v) is 8.68. The molecule has 1 aromatic heterocycles. The van der Waals surface area contributed by atoms with Crippen LogP contribution in [0.3, 0.4) is 0 Å². The molecule has 21 heavy (non-hydrogen) atoms. The minimum Gasteiger partial charge on any atom is -0.341 e. The van der Waals surface area contributed by atoms with E-state index in [2.05, 4.69) is 40.7 Å². The zero-order valence-electron chi connectivity index (χ0n) is 12.9. The van der Waals surface area contributed by atoms with Crippen LogP contribution in [-0.4, -0.2) is 22.6 Å². The van der Waals surface area contributed by atoms with Gasteiger partial charge in [0.25, 0.3) is 0 Å². The van der Waals surface area contributed by atoms with Gasteiger partial charge in [0.2, 0.25) is 0 Å². The summed E-state index contributed by atoms with van der Waals surface area (Å²) < 4.78 is 2.67. The summed E-state index contributed by atoms with van der Waals surface area (Å²) in [4.78, 5) is 2.81. The summed E-state index contributed by atoms with van der Waals surface area (Å²) in [6.07, 6.45) is 6.87. The summed E-state index contributed by atoms with van der Waals surface area (Å²) in [7, 11) is 0. The minimum absolute atomic E-state index is 0.553. The smallest absolute Gasteiger partial charge is 0.0560 e. The molecule has 0 unspecified atom stereocenters. The molecule has 1 aliphatic carbocycles. The third-order valence-corrected chi connectivity index (χ3v) is 6.63. The Kier molecular flexibility index (Phi) is 2.42. The molecule has 5 rings (SSSR count). The van der Waals surface area contributed by atoms with Gasteiger partial charge in [-0.25, -0.2) is 0 Å². The van der Waals surface area contributed by atoms with E-state index in [-0.39, 0.29) is 0 Å². The van der Waals surface area contributed by atoms with E-state index in [1.54, 1.807) is 11.3 Å². The first-order valence-electron chi connectivity index (χ1n) is 8.68. The number of aromatic nitrogens is 1. The molecule has 2 aromatic rings. The molecule has 3 heterocycles. The monoisotopic (exact) mass is 280 g/mol. The number of piperidine rings is 1. The van der Waals surface area contributed by atoms with Gasteiger partial charge >= 0.3 is 0 Å². The molecule has 2 atom stereocenters. The average Bonchev–Trinajstić information content (AvgIpc) is 2.88. The lowest BCUT2D eigenvalue weighted by molar-refractivity contribution is -0.0243. The molecule has 0 radical (unpaired) electrons. The molecule has 1 aromatic carbocycles. The topological polar surface area (TPSA) is 8.17 Å². The Hall–Kier alpha value is -1.28. The van der Waals surface area contributed by atoms with Crippen molar-refractivity contribution < 1.29 is 0 Å². The van der Waals surface area contributed by atoms with E-state index in [9.17, 15) is 0 Å². The molecule has 0 saturated carbocycles. The predicted molar refractivity (Wildman–Crippen MR) is 86.5 cm³/mol. The first-order chi connectivity index (χ1) is 10.3. The van der Waals surface area contributed by atoms with Crippen LogP contribution in [0.1, 0.15) is 49.9 Å². The number of rotatable bonds is 1. The molecule has 1 fully saturated rings. The van der Waals surface area contributed by atoms with Gasteiger partial charge in [-0.3, -0.25) is 4.90 Å². The fourth-order valence-electron chi connectivity index (χ4n) is 5.61. The third kappa shape index (κ3) is 1.42. The number of hydrogen-bond acceptors (Lipinski definition) is 1. The van der Waals surface area contributed by atoms with Gasteiger partial charge < -0.3 is 4.57 Å². The van der Waals surface area contributed by atoms with Crippen molar-refractivity contribution in [2.24, 2.45) is 5.41 Å². The predicted octanol–water partition coefficient (Wildman–Crippen LogP) is 4.13. The lowest BCUT2D eigenvalue weighted by Gasteiger charge is -2.55. The highest BCUT2D eigenvalue weighted by Gasteiger charge is 2.50. The van der Waals surface area contributed by atoms with Crippen LogP contribution in [0.15, 0.2) is 24.3 Å². The number of benzene rings is 1. The van der Waals surface area contributed by atoms with E-state index in [1.165, 1.54) is 62.6 Å². The second-order valence-electron chi connectivity index (χ2n) is 7.29. The van der Waals surface area contributed by atoms with Gasteiger partial charge in [0, 0.05) is 29.7 Å². The van der Waals surface area contributed by atoms with Crippen molar-refractivity contribution in [3.05, 3.63) is 35.5 Å². The molecule has 2 heteroatoms. The fraction of sp³-hybridized carbons (Fsp3) is 0.579. The summed E-state index contributed by atoms with van der Waals surface area (Å²) >= 11 is 0. The van der Waals surface area contributed by atoms with Gasteiger partial charge in [-0.2, -0.15) is 0 Å². The highest BCUT2D eigenvalue weighted by molar-refractivity contribution is 5.86. The van der Waals surface area contributed by atoms with Crippen molar-refractivity contribution in [3.63, 3.8) is 0 Å². The summed E-state index contributed by atoms with van der Waals surface area (Å²) in [5.41, 5.74) is 5.40. The van der Waals surface area contributed by atoms with Crippen LogP contribution in [0.4, 0.5) is 0 Å². The van der Waals surface area contributed by atoms with Crippen LogP contribution in [-0.2, 0) is 13.0 Å². The van der Waals surface area contributed by atoms with Gasteiger partial charge in [-0.15, -0.1) is 0 Å². The van der Waals surface area contributed by atoms with Crippen LogP contribution < -0.4 is 0 Å². The highest BCUT2D eigenvalue weighted by atomic mass is 15.3. The molecule has 2 nitrogen and oxygen atoms in total. The Morgan fingerprint density at radius 2 is 2.05 bits per heavy atom. The van der Waals surface area contributed by atoms with Crippen LogP contribution in [0, 0.1) is 5.41 Å². The van der Waals surface area contributed by atoms with Crippen molar-refractivity contribution in [3.8, 4) is 0 Å². The number of nitrogens with zero attached hydrogens (tertiary/aromatic N) is 2. The summed E-state index contributed by atoms with van der Waals surface area (Å²) in [5.74, 6) is 0. The molecule has 0 amide bonds. The molecule has 0 bridgehead atoms. The van der Waals surface area contributed by atoms with Crippen LogP contribution in [0.25, 0.3) is 10.9 Å². The molecule has 2 aliphatic heterocycles. The van der Waals surface area contributed by atoms with Crippen LogP contribution in [0.2, 0.25) is 0 Å². The van der Waals surface area contributed by atoms with Crippen molar-refractivity contribution in [2.45, 2.75) is 51.6 Å². The van der Waals surface area contributed by atoms with E-state index < -0.39 is 0 Å². The standard InChI is InChI=1S/C19H24N2/c1-2-19-9-5-11-20-12-13-21-16-7-4-3-6-14(16)15(8-10-19)17(21)18(19)20/h3-4,6-7,18H,2,5,8-13H2,1H3/t18-,19+/m0/s1. The highest BCUT2D eigenvalue weighted by Crippen LogP contribution is 2.57. The van der Waals surface area contributed by atoms with E-state index >= 15 is 0 Å². The van der Waals surface area contributed by atoms with Crippen LogP contribution >= 0.6 is 0 Å². The van der Waals surface area contributed by atoms with Gasteiger partial charge in [0.1, 0.15) is 0 Å². The average molecular weight is 280 g/mol. The van der Waals surface area contributed by atoms with Crippen molar-refractivity contribution in [2.75, 3.05) is 13.1 Å². The van der Waals surface area contributed by atoms with E-state index in [1.807, 2.05) is 0 Å². The molecule has 0 N–H and O–H groups in total.